The maximum atomic E-state index is 13.0. The van der Waals surface area contributed by atoms with E-state index >= 15 is 0 Å². The van der Waals surface area contributed by atoms with Crippen molar-refractivity contribution in [2.75, 3.05) is 17.7 Å². The van der Waals surface area contributed by atoms with Crippen LogP contribution in [0.5, 0.6) is 6.01 Å². The fraction of sp³-hybridized carbons (Fsp3) is 0.485. The highest BCUT2D eigenvalue weighted by molar-refractivity contribution is 7.93. The number of carbonyl (C=O) groups is 2. The van der Waals surface area contributed by atoms with E-state index in [4.69, 9.17) is 16.3 Å². The van der Waals surface area contributed by atoms with Gasteiger partial charge in [-0.2, -0.15) is 28.1 Å². The van der Waals surface area contributed by atoms with Crippen molar-refractivity contribution in [3.8, 4) is 6.01 Å². The molecule has 0 amide bonds. The molecule has 9 nitrogen and oxygen atoms in total. The number of benzene rings is 2. The highest BCUT2D eigenvalue weighted by Crippen LogP contribution is 2.51. The lowest BCUT2D eigenvalue weighted by atomic mass is 9.92. The third kappa shape index (κ3) is 8.67. The van der Waals surface area contributed by atoms with Gasteiger partial charge in [0.2, 0.25) is 5.95 Å². The summed E-state index contributed by atoms with van der Waals surface area (Å²) >= 11 is 6.03. The summed E-state index contributed by atoms with van der Waals surface area (Å²) in [6, 6.07) is 13.4. The van der Waals surface area contributed by atoms with Gasteiger partial charge in [0, 0.05) is 28.8 Å². The quantitative estimate of drug-likeness (QED) is 0.184. The molecule has 1 N–H and O–H groups in total. The van der Waals surface area contributed by atoms with Crippen LogP contribution >= 0.6 is 11.6 Å². The number of rotatable bonds is 14. The second kappa shape index (κ2) is 12.8. The molecule has 0 spiro atoms. The summed E-state index contributed by atoms with van der Waals surface area (Å²) in [5.41, 5.74) is 0.799. The van der Waals surface area contributed by atoms with Gasteiger partial charge in [-0.1, -0.05) is 48.0 Å². The number of Topliss-reactive ketones (excluding diaryl/α,β-unsaturated/α-hetero) is 2. The van der Waals surface area contributed by atoms with Gasteiger partial charge in [-0.25, -0.2) is 8.42 Å². The summed E-state index contributed by atoms with van der Waals surface area (Å²) in [5, 5.41) is 3.82. The fourth-order valence-electron chi connectivity index (χ4n) is 5.19. The number of carbonyl (C=O) groups excluding carboxylic acids is 2. The number of ether oxygens (including phenoxy) is 1. The molecule has 0 saturated heterocycles. The van der Waals surface area contributed by atoms with Crippen molar-refractivity contribution >= 4 is 39.0 Å². The first-order valence-electron chi connectivity index (χ1n) is 15.3. The molecule has 5 rings (SSSR count). The van der Waals surface area contributed by atoms with Gasteiger partial charge in [0.1, 0.15) is 11.6 Å². The number of alkyl halides is 3. The molecule has 2 aromatic carbocycles. The summed E-state index contributed by atoms with van der Waals surface area (Å²) in [6.07, 6.45) is -1.43. The Balaban J connectivity index is 1.25. The van der Waals surface area contributed by atoms with Crippen LogP contribution in [0.3, 0.4) is 0 Å². The average Bonchev–Trinajstić information content (AvgIpc) is 3.92. The van der Waals surface area contributed by atoms with E-state index in [2.05, 4.69) is 20.3 Å². The van der Waals surface area contributed by atoms with E-state index in [0.717, 1.165) is 18.4 Å². The van der Waals surface area contributed by atoms with Crippen LogP contribution in [0, 0.1) is 5.41 Å². The minimum absolute atomic E-state index is 0.0743. The highest BCUT2D eigenvalue weighted by Gasteiger charge is 2.51. The highest BCUT2D eigenvalue weighted by atomic mass is 35.5. The van der Waals surface area contributed by atoms with Crippen molar-refractivity contribution in [2.45, 2.75) is 82.2 Å². The van der Waals surface area contributed by atoms with Gasteiger partial charge >= 0.3 is 12.2 Å². The molecule has 0 unspecified atom stereocenters. The van der Waals surface area contributed by atoms with Crippen LogP contribution in [0.4, 0.5) is 19.1 Å². The average molecular weight is 693 g/mol. The maximum Gasteiger partial charge on any atom is 0.422 e. The first-order valence-corrected chi connectivity index (χ1v) is 17.3. The van der Waals surface area contributed by atoms with Crippen LogP contribution in [0.25, 0.3) is 0 Å². The van der Waals surface area contributed by atoms with E-state index < -0.39 is 50.1 Å². The minimum Gasteiger partial charge on any atom is -0.454 e. The number of halogens is 4. The van der Waals surface area contributed by atoms with Crippen LogP contribution in [0.15, 0.2) is 48.5 Å². The van der Waals surface area contributed by atoms with Crippen molar-refractivity contribution in [1.29, 1.82) is 0 Å². The monoisotopic (exact) mass is 692 g/mol. The standard InChI is InChI=1S/C33H36ClF3N4O5S/c1-30(2,3)47(44,45)19-26(43)31(14-15-31)13-12-25(42)22-6-4-21(5-7-22)18-27-38-28(40-29(39-27)46-20-33(35,36)37)41-32(16-17-32)23-8-10-24(34)11-9-23/h4-11H,12-20H2,1-3H3,(H,38,39,40,41). The maximum absolute atomic E-state index is 13.0. The van der Waals surface area contributed by atoms with Crippen molar-refractivity contribution in [3.63, 3.8) is 0 Å². The van der Waals surface area contributed by atoms with Crippen molar-refractivity contribution in [2.24, 2.45) is 5.41 Å². The zero-order valence-electron chi connectivity index (χ0n) is 26.3. The summed E-state index contributed by atoms with van der Waals surface area (Å²) in [7, 11) is -3.61. The van der Waals surface area contributed by atoms with E-state index in [1.165, 1.54) is 0 Å². The van der Waals surface area contributed by atoms with Crippen LogP contribution in [0.2, 0.25) is 5.02 Å². The predicted molar refractivity (Wildman–Crippen MR) is 170 cm³/mol. The summed E-state index contributed by atoms with van der Waals surface area (Å²) in [6.45, 7) is 3.12. The van der Waals surface area contributed by atoms with E-state index in [1.54, 1.807) is 57.2 Å². The number of hydrogen-bond acceptors (Lipinski definition) is 9. The van der Waals surface area contributed by atoms with Gasteiger partial charge in [-0.3, -0.25) is 9.59 Å². The number of anilines is 1. The van der Waals surface area contributed by atoms with E-state index in [9.17, 15) is 31.2 Å². The summed E-state index contributed by atoms with van der Waals surface area (Å²) in [4.78, 5) is 38.5. The van der Waals surface area contributed by atoms with Gasteiger partial charge in [-0.05, 0) is 76.1 Å². The molecule has 0 radical (unpaired) electrons. The molecule has 2 aliphatic carbocycles. The Morgan fingerprint density at radius 3 is 2.13 bits per heavy atom. The van der Waals surface area contributed by atoms with Crippen LogP contribution < -0.4 is 10.1 Å². The zero-order chi connectivity index (χ0) is 34.3. The third-order valence-electron chi connectivity index (χ3n) is 8.69. The van der Waals surface area contributed by atoms with E-state index in [-0.39, 0.29) is 42.6 Å². The lowest BCUT2D eigenvalue weighted by molar-refractivity contribution is -0.154. The second-order valence-corrected chi connectivity index (χ2v) is 16.5. The number of aromatic nitrogens is 3. The molecule has 14 heteroatoms. The van der Waals surface area contributed by atoms with Gasteiger partial charge in [-0.15, -0.1) is 0 Å². The molecule has 2 fully saturated rings. The number of sulfone groups is 1. The Hall–Kier alpha value is -3.58. The SMILES string of the molecule is CC(C)(C)S(=O)(=O)CC(=O)C1(CCC(=O)c2ccc(Cc3nc(NC4(c5ccc(Cl)cc5)CC4)nc(OCC(F)(F)F)n3)cc2)CC1. The smallest absolute Gasteiger partial charge is 0.422 e. The van der Waals surface area contributed by atoms with Gasteiger partial charge < -0.3 is 10.1 Å². The Bertz CT molecular complexity index is 1750. The van der Waals surface area contributed by atoms with Gasteiger partial charge in [0.15, 0.2) is 28.0 Å². The van der Waals surface area contributed by atoms with Crippen LogP contribution in [-0.2, 0) is 26.6 Å². The summed E-state index contributed by atoms with van der Waals surface area (Å²) in [5.74, 6) is -0.795. The molecular formula is C33H36ClF3N4O5S. The number of hydrogen-bond donors (Lipinski definition) is 1. The minimum atomic E-state index is -4.58. The molecule has 47 heavy (non-hydrogen) atoms. The van der Waals surface area contributed by atoms with Gasteiger partial charge in [0.25, 0.3) is 0 Å². The zero-order valence-corrected chi connectivity index (χ0v) is 27.9. The van der Waals surface area contributed by atoms with Crippen molar-refractivity contribution in [3.05, 3.63) is 76.1 Å². The Morgan fingerprint density at radius 2 is 1.57 bits per heavy atom. The molecule has 2 saturated carbocycles. The second-order valence-electron chi connectivity index (χ2n) is 13.3. The Morgan fingerprint density at radius 1 is 0.936 bits per heavy atom. The largest absolute Gasteiger partial charge is 0.454 e. The predicted octanol–water partition coefficient (Wildman–Crippen LogP) is 6.68. The topological polar surface area (TPSA) is 128 Å². The number of nitrogens with zero attached hydrogens (tertiary/aromatic N) is 3. The third-order valence-corrected chi connectivity index (χ3v) is 11.5. The molecular weight excluding hydrogens is 657 g/mol. The van der Waals surface area contributed by atoms with Crippen molar-refractivity contribution in [1.82, 2.24) is 15.0 Å². The van der Waals surface area contributed by atoms with Crippen LogP contribution in [-0.4, -0.2) is 58.2 Å². The number of ketones is 2. The Labute approximate surface area is 276 Å². The molecule has 3 aromatic rings. The van der Waals surface area contributed by atoms with Gasteiger partial charge in [0.05, 0.1) is 10.3 Å². The van der Waals surface area contributed by atoms with E-state index in [0.29, 0.717) is 29.0 Å². The fourth-order valence-corrected chi connectivity index (χ4v) is 6.40. The lowest BCUT2D eigenvalue weighted by Gasteiger charge is -2.21. The summed E-state index contributed by atoms with van der Waals surface area (Å²) < 4.78 is 67.6. The molecule has 0 atom stereocenters. The molecule has 1 aromatic heterocycles. The number of nitrogens with one attached hydrogen (secondary N) is 1. The van der Waals surface area contributed by atoms with Crippen LogP contribution in [0.1, 0.15) is 86.6 Å². The lowest BCUT2D eigenvalue weighted by Crippen LogP contribution is -2.36. The normalized spacial score (nSPS) is 16.7. The van der Waals surface area contributed by atoms with Crippen molar-refractivity contribution < 1.29 is 35.9 Å². The molecule has 2 aliphatic rings. The Kier molecular flexibility index (Phi) is 9.46. The van der Waals surface area contributed by atoms with E-state index in [1.807, 2.05) is 12.1 Å². The molecule has 252 valence electrons. The first-order chi connectivity index (χ1) is 21.9. The first kappa shape index (κ1) is 34.7. The molecule has 0 aliphatic heterocycles. The molecule has 1 heterocycles. The molecule has 0 bridgehead atoms.